The van der Waals surface area contributed by atoms with Crippen molar-refractivity contribution in [2.75, 3.05) is 26.2 Å². The second kappa shape index (κ2) is 10.7. The first-order valence-electron chi connectivity index (χ1n) is 13.7. The van der Waals surface area contributed by atoms with Gasteiger partial charge in [0.15, 0.2) is 0 Å². The van der Waals surface area contributed by atoms with E-state index in [4.69, 9.17) is 0 Å². The SMILES string of the molecule is Cc1cc2c(=O)n(CC3(O)CCN(C(=O)C4CCN(Cc5ccccc5)CC4c4cccs4)CC3)cnc2[nH]1. The lowest BCUT2D eigenvalue weighted by Gasteiger charge is -2.43. The van der Waals surface area contributed by atoms with E-state index in [1.165, 1.54) is 21.3 Å². The van der Waals surface area contributed by atoms with Crippen molar-refractivity contribution in [1.82, 2.24) is 24.3 Å². The number of amides is 1. The number of rotatable bonds is 6. The van der Waals surface area contributed by atoms with Gasteiger partial charge < -0.3 is 15.0 Å². The summed E-state index contributed by atoms with van der Waals surface area (Å²) in [5.74, 6) is 0.294. The van der Waals surface area contributed by atoms with Gasteiger partial charge in [0.25, 0.3) is 5.56 Å². The number of H-pyrrole nitrogens is 1. The molecule has 2 N–H and O–H groups in total. The first-order valence-corrected chi connectivity index (χ1v) is 14.6. The summed E-state index contributed by atoms with van der Waals surface area (Å²) in [6.45, 7) is 5.69. The highest BCUT2D eigenvalue weighted by Crippen LogP contribution is 2.37. The lowest BCUT2D eigenvalue weighted by atomic mass is 9.82. The minimum Gasteiger partial charge on any atom is -0.388 e. The fourth-order valence-corrected chi connectivity index (χ4v) is 7.12. The molecule has 39 heavy (non-hydrogen) atoms. The minimum absolute atomic E-state index is 0.0621. The van der Waals surface area contributed by atoms with Gasteiger partial charge in [-0.2, -0.15) is 0 Å². The van der Waals surface area contributed by atoms with Crippen molar-refractivity contribution < 1.29 is 9.90 Å². The molecule has 9 heteroatoms. The third kappa shape index (κ3) is 5.44. The molecule has 1 amide bonds. The number of hydrogen-bond donors (Lipinski definition) is 2. The molecule has 0 aliphatic carbocycles. The highest BCUT2D eigenvalue weighted by atomic mass is 32.1. The average Bonchev–Trinajstić information content (AvgIpc) is 3.61. The van der Waals surface area contributed by atoms with Gasteiger partial charge in [-0.15, -0.1) is 11.3 Å². The maximum Gasteiger partial charge on any atom is 0.262 e. The number of benzene rings is 1. The molecular weight excluding hydrogens is 510 g/mol. The Morgan fingerprint density at radius 2 is 1.95 bits per heavy atom. The number of likely N-dealkylation sites (tertiary alicyclic amines) is 2. The molecule has 4 aromatic rings. The van der Waals surface area contributed by atoms with E-state index in [2.05, 4.69) is 56.6 Å². The zero-order valence-electron chi connectivity index (χ0n) is 22.3. The molecule has 5 heterocycles. The van der Waals surface area contributed by atoms with Crippen LogP contribution >= 0.6 is 11.3 Å². The molecule has 0 spiro atoms. The van der Waals surface area contributed by atoms with E-state index in [0.717, 1.165) is 31.7 Å². The summed E-state index contributed by atoms with van der Waals surface area (Å²) >= 11 is 1.73. The molecule has 2 atom stereocenters. The first-order chi connectivity index (χ1) is 18.9. The number of piperidine rings is 2. The monoisotopic (exact) mass is 545 g/mol. The molecule has 2 unspecified atom stereocenters. The number of nitrogens with zero attached hydrogens (tertiary/aromatic N) is 4. The Hall–Kier alpha value is -3.27. The number of thiophene rings is 1. The Balaban J connectivity index is 1.12. The summed E-state index contributed by atoms with van der Waals surface area (Å²) < 4.78 is 1.50. The molecule has 1 aromatic carbocycles. The number of aromatic nitrogens is 3. The zero-order chi connectivity index (χ0) is 27.0. The standard InChI is InChI=1S/C30H35N5O3S/c1-21-16-24-27(32-21)31-20-35(29(24)37)19-30(38)10-13-34(14-11-30)28(36)23-9-12-33(17-22-6-3-2-4-7-22)18-25(23)26-8-5-15-39-26/h2-8,15-16,20,23,25,32,38H,9-14,17-19H2,1H3. The Bertz CT molecular complexity index is 1490. The van der Waals surface area contributed by atoms with Crippen LogP contribution in [0.4, 0.5) is 0 Å². The Morgan fingerprint density at radius 3 is 2.69 bits per heavy atom. The Kier molecular flexibility index (Phi) is 7.14. The number of aromatic amines is 1. The first kappa shape index (κ1) is 26.0. The number of carbonyl (C=O) groups is 1. The summed E-state index contributed by atoms with van der Waals surface area (Å²) in [6.07, 6.45) is 3.20. The molecule has 2 aliphatic rings. The molecule has 2 aliphatic heterocycles. The van der Waals surface area contributed by atoms with Gasteiger partial charge in [-0.3, -0.25) is 19.1 Å². The van der Waals surface area contributed by atoms with Crippen LogP contribution in [0.25, 0.3) is 11.0 Å². The molecule has 8 nitrogen and oxygen atoms in total. The molecular formula is C30H35N5O3S. The summed E-state index contributed by atoms with van der Waals surface area (Å²) in [4.78, 5) is 39.9. The van der Waals surface area contributed by atoms with Gasteiger partial charge >= 0.3 is 0 Å². The van der Waals surface area contributed by atoms with Crippen LogP contribution in [-0.2, 0) is 17.9 Å². The van der Waals surface area contributed by atoms with Gasteiger partial charge in [0.2, 0.25) is 5.91 Å². The maximum absolute atomic E-state index is 13.9. The average molecular weight is 546 g/mol. The number of aryl methyl sites for hydroxylation is 1. The van der Waals surface area contributed by atoms with Gasteiger partial charge in [0, 0.05) is 48.6 Å². The van der Waals surface area contributed by atoms with Crippen LogP contribution in [0.2, 0.25) is 0 Å². The quantitative estimate of drug-likeness (QED) is 0.385. The van der Waals surface area contributed by atoms with E-state index in [1.54, 1.807) is 17.4 Å². The van der Waals surface area contributed by atoms with E-state index in [1.807, 2.05) is 17.9 Å². The maximum atomic E-state index is 13.9. The second-order valence-electron chi connectivity index (χ2n) is 11.2. The van der Waals surface area contributed by atoms with Crippen molar-refractivity contribution >= 4 is 28.3 Å². The predicted octanol–water partition coefficient (Wildman–Crippen LogP) is 3.75. The largest absolute Gasteiger partial charge is 0.388 e. The molecule has 2 fully saturated rings. The number of hydrogen-bond acceptors (Lipinski definition) is 6. The number of carbonyl (C=O) groups excluding carboxylic acids is 1. The predicted molar refractivity (Wildman–Crippen MR) is 153 cm³/mol. The van der Waals surface area contributed by atoms with Crippen molar-refractivity contribution in [2.24, 2.45) is 5.92 Å². The minimum atomic E-state index is -1.05. The molecule has 0 bridgehead atoms. The molecule has 0 radical (unpaired) electrons. The van der Waals surface area contributed by atoms with Crippen molar-refractivity contribution in [1.29, 1.82) is 0 Å². The summed E-state index contributed by atoms with van der Waals surface area (Å²) in [5.41, 5.74) is 1.54. The van der Waals surface area contributed by atoms with E-state index >= 15 is 0 Å². The molecule has 3 aromatic heterocycles. The Morgan fingerprint density at radius 1 is 1.15 bits per heavy atom. The molecule has 6 rings (SSSR count). The fourth-order valence-electron chi connectivity index (χ4n) is 6.23. The lowest BCUT2D eigenvalue weighted by Crippen LogP contribution is -2.53. The summed E-state index contributed by atoms with van der Waals surface area (Å²) in [5, 5.41) is 14.0. The van der Waals surface area contributed by atoms with E-state index in [9.17, 15) is 14.7 Å². The molecule has 0 saturated carbocycles. The van der Waals surface area contributed by atoms with Gasteiger partial charge in [-0.25, -0.2) is 4.98 Å². The number of fused-ring (bicyclic) bond motifs is 1. The highest BCUT2D eigenvalue weighted by Gasteiger charge is 2.41. The number of nitrogens with one attached hydrogen (secondary N) is 1. The Labute approximate surface area is 231 Å². The summed E-state index contributed by atoms with van der Waals surface area (Å²) in [7, 11) is 0. The lowest BCUT2D eigenvalue weighted by molar-refractivity contribution is -0.142. The number of aliphatic hydroxyl groups is 1. The zero-order valence-corrected chi connectivity index (χ0v) is 23.1. The van der Waals surface area contributed by atoms with Crippen LogP contribution < -0.4 is 5.56 Å². The third-order valence-corrected chi connectivity index (χ3v) is 9.40. The van der Waals surface area contributed by atoms with Crippen LogP contribution in [0.5, 0.6) is 0 Å². The highest BCUT2D eigenvalue weighted by molar-refractivity contribution is 7.10. The van der Waals surface area contributed by atoms with Crippen LogP contribution in [0, 0.1) is 12.8 Å². The van der Waals surface area contributed by atoms with Crippen LogP contribution in [0.3, 0.4) is 0 Å². The fraction of sp³-hybridized carbons (Fsp3) is 0.433. The van der Waals surface area contributed by atoms with Gasteiger partial charge in [0.1, 0.15) is 5.65 Å². The van der Waals surface area contributed by atoms with Crippen molar-refractivity contribution in [3.63, 3.8) is 0 Å². The van der Waals surface area contributed by atoms with E-state index in [-0.39, 0.29) is 29.8 Å². The van der Waals surface area contributed by atoms with Gasteiger partial charge in [0.05, 0.1) is 23.9 Å². The van der Waals surface area contributed by atoms with E-state index in [0.29, 0.717) is 37.0 Å². The van der Waals surface area contributed by atoms with Crippen LogP contribution in [0.15, 0.2) is 65.0 Å². The van der Waals surface area contributed by atoms with Gasteiger partial charge in [-0.1, -0.05) is 36.4 Å². The van der Waals surface area contributed by atoms with E-state index < -0.39 is 5.60 Å². The smallest absolute Gasteiger partial charge is 0.262 e. The van der Waals surface area contributed by atoms with Crippen molar-refractivity contribution in [3.8, 4) is 0 Å². The second-order valence-corrected chi connectivity index (χ2v) is 12.2. The van der Waals surface area contributed by atoms with Crippen molar-refractivity contribution in [2.45, 2.75) is 50.8 Å². The van der Waals surface area contributed by atoms with Crippen molar-refractivity contribution in [3.05, 3.63) is 86.7 Å². The normalized spacial score (nSPS) is 21.8. The van der Waals surface area contributed by atoms with Crippen LogP contribution in [-0.4, -0.2) is 67.1 Å². The third-order valence-electron chi connectivity index (χ3n) is 8.39. The summed E-state index contributed by atoms with van der Waals surface area (Å²) in [6, 6.07) is 16.5. The van der Waals surface area contributed by atoms with Gasteiger partial charge in [-0.05, 0) is 55.8 Å². The molecule has 2 saturated heterocycles. The topological polar surface area (TPSA) is 94.5 Å². The molecule has 204 valence electrons. The van der Waals surface area contributed by atoms with Crippen LogP contribution in [0.1, 0.15) is 41.3 Å².